The first-order chi connectivity index (χ1) is 13.9. The number of nitrogens with zero attached hydrogens (tertiary/aromatic N) is 2. The summed E-state index contributed by atoms with van der Waals surface area (Å²) in [5.74, 6) is -1.98. The van der Waals surface area contributed by atoms with E-state index in [2.05, 4.69) is 20.3 Å². The van der Waals surface area contributed by atoms with Gasteiger partial charge in [-0.2, -0.15) is 0 Å². The van der Waals surface area contributed by atoms with Gasteiger partial charge in [0.2, 0.25) is 0 Å². The van der Waals surface area contributed by atoms with Crippen molar-refractivity contribution >= 4 is 22.8 Å². The number of amides is 1. The highest BCUT2D eigenvalue weighted by Gasteiger charge is 2.21. The van der Waals surface area contributed by atoms with Crippen molar-refractivity contribution in [2.75, 3.05) is 5.32 Å². The molecule has 2 aromatic heterocycles. The van der Waals surface area contributed by atoms with Gasteiger partial charge in [-0.3, -0.25) is 4.79 Å². The van der Waals surface area contributed by atoms with Crippen LogP contribution in [0.5, 0.6) is 0 Å². The summed E-state index contributed by atoms with van der Waals surface area (Å²) in [6.07, 6.45) is -1.47. The van der Waals surface area contributed by atoms with Gasteiger partial charge in [0.1, 0.15) is 28.8 Å². The smallest absolute Gasteiger partial charge is 0.264 e. The van der Waals surface area contributed by atoms with Gasteiger partial charge in [0.05, 0.1) is 11.1 Å². The van der Waals surface area contributed by atoms with Crippen LogP contribution in [-0.4, -0.2) is 20.9 Å². The molecule has 1 amide bonds. The van der Waals surface area contributed by atoms with Crippen LogP contribution >= 0.6 is 0 Å². The number of pyridine rings is 1. The number of H-pyrrole nitrogens is 1. The molecule has 4 rings (SSSR count). The number of carbonyl (C=O) groups excluding carboxylic acids is 1. The van der Waals surface area contributed by atoms with Gasteiger partial charge < -0.3 is 10.3 Å². The van der Waals surface area contributed by atoms with E-state index < -0.39 is 29.5 Å². The molecule has 2 aromatic carbocycles. The van der Waals surface area contributed by atoms with E-state index in [1.54, 1.807) is 18.2 Å². The van der Waals surface area contributed by atoms with Gasteiger partial charge in [-0.05, 0) is 42.5 Å². The van der Waals surface area contributed by atoms with Crippen molar-refractivity contribution in [3.05, 3.63) is 77.5 Å². The maximum Gasteiger partial charge on any atom is 0.264 e. The number of imidazole rings is 1. The highest BCUT2D eigenvalue weighted by atomic mass is 19.3. The molecule has 29 heavy (non-hydrogen) atoms. The third-order valence-electron chi connectivity index (χ3n) is 4.21. The minimum atomic E-state index is -2.95. The number of fused-ring (bicyclic) bond motifs is 1. The van der Waals surface area contributed by atoms with E-state index >= 15 is 0 Å². The van der Waals surface area contributed by atoms with E-state index in [0.29, 0.717) is 6.07 Å². The van der Waals surface area contributed by atoms with Crippen LogP contribution in [-0.2, 0) is 0 Å². The number of aromatic nitrogens is 3. The van der Waals surface area contributed by atoms with Gasteiger partial charge in [0.25, 0.3) is 12.3 Å². The van der Waals surface area contributed by atoms with Gasteiger partial charge in [0, 0.05) is 17.3 Å². The molecule has 146 valence electrons. The Morgan fingerprint density at radius 2 is 1.86 bits per heavy atom. The van der Waals surface area contributed by atoms with Crippen molar-refractivity contribution in [3.63, 3.8) is 0 Å². The Morgan fingerprint density at radius 1 is 1.03 bits per heavy atom. The third kappa shape index (κ3) is 3.66. The van der Waals surface area contributed by atoms with Gasteiger partial charge in [0.15, 0.2) is 0 Å². The SMILES string of the molecule is O=C(Nc1ccccn1)c1cc(F)cc2[nH]c(-c3ccc(F)cc3C(F)F)nc12. The monoisotopic (exact) mass is 400 g/mol. The van der Waals surface area contributed by atoms with E-state index in [-0.39, 0.29) is 33.8 Å². The number of hydrogen-bond acceptors (Lipinski definition) is 3. The van der Waals surface area contributed by atoms with Crippen LogP contribution in [0, 0.1) is 11.6 Å². The van der Waals surface area contributed by atoms with Crippen molar-refractivity contribution in [3.8, 4) is 11.4 Å². The molecule has 0 atom stereocenters. The molecule has 9 heteroatoms. The highest BCUT2D eigenvalue weighted by molar-refractivity contribution is 6.11. The summed E-state index contributed by atoms with van der Waals surface area (Å²) in [6, 6.07) is 9.84. The Balaban J connectivity index is 1.81. The Bertz CT molecular complexity index is 1210. The number of hydrogen-bond donors (Lipinski definition) is 2. The zero-order valence-electron chi connectivity index (χ0n) is 14.6. The molecule has 4 aromatic rings. The van der Waals surface area contributed by atoms with Crippen molar-refractivity contribution in [2.24, 2.45) is 0 Å². The van der Waals surface area contributed by atoms with Gasteiger partial charge >= 0.3 is 0 Å². The lowest BCUT2D eigenvalue weighted by atomic mass is 10.1. The average Bonchev–Trinajstić information content (AvgIpc) is 3.11. The van der Waals surface area contributed by atoms with Crippen LogP contribution in [0.4, 0.5) is 23.4 Å². The molecule has 0 bridgehead atoms. The second-order valence-corrected chi connectivity index (χ2v) is 6.14. The summed E-state index contributed by atoms with van der Waals surface area (Å²) >= 11 is 0. The molecular formula is C20H12F4N4O. The molecule has 0 aliphatic rings. The quantitative estimate of drug-likeness (QED) is 0.469. The lowest BCUT2D eigenvalue weighted by Gasteiger charge is -2.06. The van der Waals surface area contributed by atoms with Crippen LogP contribution in [0.2, 0.25) is 0 Å². The van der Waals surface area contributed by atoms with Crippen molar-refractivity contribution in [1.29, 1.82) is 0 Å². The van der Waals surface area contributed by atoms with E-state index in [9.17, 15) is 22.4 Å². The van der Waals surface area contributed by atoms with E-state index in [1.165, 1.54) is 6.20 Å². The van der Waals surface area contributed by atoms with Gasteiger partial charge in [-0.1, -0.05) is 6.07 Å². The summed E-state index contributed by atoms with van der Waals surface area (Å²) in [4.78, 5) is 23.5. The molecule has 2 heterocycles. The third-order valence-corrected chi connectivity index (χ3v) is 4.21. The predicted molar refractivity (Wildman–Crippen MR) is 98.6 cm³/mol. The Morgan fingerprint density at radius 3 is 2.59 bits per heavy atom. The highest BCUT2D eigenvalue weighted by Crippen LogP contribution is 2.32. The number of aromatic amines is 1. The zero-order chi connectivity index (χ0) is 20.5. The number of halogens is 4. The second-order valence-electron chi connectivity index (χ2n) is 6.14. The van der Waals surface area contributed by atoms with Crippen molar-refractivity contribution in [1.82, 2.24) is 15.0 Å². The van der Waals surface area contributed by atoms with Crippen LogP contribution in [0.1, 0.15) is 22.3 Å². The molecule has 0 saturated heterocycles. The fraction of sp³-hybridized carbons (Fsp3) is 0.0500. The molecule has 0 unspecified atom stereocenters. The Labute approximate surface area is 161 Å². The molecule has 0 aliphatic carbocycles. The maximum atomic E-state index is 14.1. The number of benzene rings is 2. The van der Waals surface area contributed by atoms with Crippen LogP contribution < -0.4 is 5.32 Å². The summed E-state index contributed by atoms with van der Waals surface area (Å²) < 4.78 is 54.1. The molecule has 2 N–H and O–H groups in total. The minimum absolute atomic E-state index is 0.0345. The van der Waals surface area contributed by atoms with Crippen LogP contribution in [0.15, 0.2) is 54.7 Å². The summed E-state index contributed by atoms with van der Waals surface area (Å²) in [5.41, 5.74) is -0.498. The number of rotatable bonds is 4. The zero-order valence-corrected chi connectivity index (χ0v) is 14.6. The van der Waals surface area contributed by atoms with Gasteiger partial charge in [-0.25, -0.2) is 27.5 Å². The molecular weight excluding hydrogens is 388 g/mol. The summed E-state index contributed by atoms with van der Waals surface area (Å²) in [5, 5.41) is 2.52. The molecule has 0 radical (unpaired) electrons. The van der Waals surface area contributed by atoms with E-state index in [0.717, 1.165) is 24.3 Å². The van der Waals surface area contributed by atoms with Crippen LogP contribution in [0.25, 0.3) is 22.4 Å². The van der Waals surface area contributed by atoms with Crippen molar-refractivity contribution in [2.45, 2.75) is 6.43 Å². The largest absolute Gasteiger partial charge is 0.338 e. The van der Waals surface area contributed by atoms with E-state index in [4.69, 9.17) is 0 Å². The molecule has 5 nitrogen and oxygen atoms in total. The normalized spacial score (nSPS) is 11.2. The molecule has 0 spiro atoms. The number of anilines is 1. The summed E-state index contributed by atoms with van der Waals surface area (Å²) in [6.45, 7) is 0. The predicted octanol–water partition coefficient (Wildman–Crippen LogP) is 5.09. The second kappa shape index (κ2) is 7.34. The molecule has 0 fully saturated rings. The first kappa shape index (κ1) is 18.6. The standard InChI is InChI=1S/C20H12F4N4O/c21-10-4-5-12(13(7-10)18(23)24)19-26-15-9-11(22)8-14(17(15)28-19)20(29)27-16-3-1-2-6-25-16/h1-9,18H,(H,26,28)(H,25,27,29). The minimum Gasteiger partial charge on any atom is -0.338 e. The number of nitrogens with one attached hydrogen (secondary N) is 2. The Hall–Kier alpha value is -3.75. The lowest BCUT2D eigenvalue weighted by molar-refractivity contribution is 0.102. The van der Waals surface area contributed by atoms with Crippen molar-refractivity contribution < 1.29 is 22.4 Å². The molecule has 0 saturated carbocycles. The number of carbonyl (C=O) groups is 1. The average molecular weight is 400 g/mol. The first-order valence-electron chi connectivity index (χ1n) is 8.42. The maximum absolute atomic E-state index is 14.1. The molecule has 0 aliphatic heterocycles. The summed E-state index contributed by atoms with van der Waals surface area (Å²) in [7, 11) is 0. The Kier molecular flexibility index (Phi) is 4.71. The fourth-order valence-electron chi connectivity index (χ4n) is 2.93. The fourth-order valence-corrected chi connectivity index (χ4v) is 2.93. The van der Waals surface area contributed by atoms with Crippen LogP contribution in [0.3, 0.4) is 0 Å². The first-order valence-corrected chi connectivity index (χ1v) is 8.42. The lowest BCUT2D eigenvalue weighted by Crippen LogP contribution is -2.13. The van der Waals surface area contributed by atoms with Gasteiger partial charge in [-0.15, -0.1) is 0 Å². The van der Waals surface area contributed by atoms with E-state index in [1.807, 2.05) is 0 Å². The number of alkyl halides is 2. The topological polar surface area (TPSA) is 70.7 Å².